The fourth-order valence-corrected chi connectivity index (χ4v) is 1.28. The van der Waals surface area contributed by atoms with E-state index in [0.717, 1.165) is 12.8 Å². The van der Waals surface area contributed by atoms with Crippen LogP contribution in [0.5, 0.6) is 0 Å². The Bertz CT molecular complexity index is 384. The topological polar surface area (TPSA) is 26.3 Å². The van der Waals surface area contributed by atoms with Gasteiger partial charge in [-0.2, -0.15) is 0 Å². The summed E-state index contributed by atoms with van der Waals surface area (Å²) in [6.07, 6.45) is 2.09. The summed E-state index contributed by atoms with van der Waals surface area (Å²) in [5.41, 5.74) is 1.18. The fourth-order valence-electron chi connectivity index (χ4n) is 1.28. The number of hydrogen-bond acceptors (Lipinski definition) is 2. The summed E-state index contributed by atoms with van der Waals surface area (Å²) in [5.74, 6) is 5.46. The van der Waals surface area contributed by atoms with Crippen LogP contribution in [0.3, 0.4) is 0 Å². The monoisotopic (exact) mass is 230 g/mol. The first-order chi connectivity index (χ1) is 8.33. The van der Waals surface area contributed by atoms with Gasteiger partial charge in [0, 0.05) is 19.4 Å². The van der Waals surface area contributed by atoms with Crippen LogP contribution in [0.4, 0.5) is 0 Å². The van der Waals surface area contributed by atoms with E-state index in [0.29, 0.717) is 19.6 Å². The number of hydrogen-bond donors (Lipinski definition) is 0. The number of ether oxygens (including phenoxy) is 1. The SMILES string of the molecule is CCC(=O)C#CCCCOCc1ccccc1. The molecule has 0 unspecified atom stereocenters. The molecule has 0 saturated heterocycles. The van der Waals surface area contributed by atoms with Crippen molar-refractivity contribution in [1.82, 2.24) is 0 Å². The minimum absolute atomic E-state index is 0.00945. The van der Waals surface area contributed by atoms with Gasteiger partial charge in [-0.05, 0) is 17.9 Å². The molecule has 0 aromatic heterocycles. The Kier molecular flexibility index (Phi) is 6.78. The van der Waals surface area contributed by atoms with E-state index in [4.69, 9.17) is 4.74 Å². The van der Waals surface area contributed by atoms with Crippen LogP contribution in [0.2, 0.25) is 0 Å². The average Bonchev–Trinajstić information content (AvgIpc) is 2.38. The number of unbranched alkanes of at least 4 members (excludes halogenated alkanes) is 1. The Morgan fingerprint density at radius 2 is 2.06 bits per heavy atom. The summed E-state index contributed by atoms with van der Waals surface area (Å²) in [6, 6.07) is 10.1. The molecule has 2 nitrogen and oxygen atoms in total. The van der Waals surface area contributed by atoms with Crippen LogP contribution in [-0.4, -0.2) is 12.4 Å². The van der Waals surface area contributed by atoms with Crippen LogP contribution >= 0.6 is 0 Å². The molecule has 0 amide bonds. The number of ketones is 1. The van der Waals surface area contributed by atoms with Crippen molar-refractivity contribution < 1.29 is 9.53 Å². The highest BCUT2D eigenvalue weighted by Crippen LogP contribution is 2.01. The number of Topliss-reactive ketones (excluding diaryl/α,β-unsaturated/α-hetero) is 1. The molecule has 0 heterocycles. The Labute approximate surface area is 103 Å². The Morgan fingerprint density at radius 1 is 1.29 bits per heavy atom. The maximum Gasteiger partial charge on any atom is 0.205 e. The largest absolute Gasteiger partial charge is 0.377 e. The maximum atomic E-state index is 10.9. The molecule has 0 radical (unpaired) electrons. The molecule has 1 aromatic carbocycles. The molecule has 0 aliphatic rings. The minimum atomic E-state index is 0.00945. The van der Waals surface area contributed by atoms with Crippen molar-refractivity contribution in [3.05, 3.63) is 35.9 Å². The highest BCUT2D eigenvalue weighted by atomic mass is 16.5. The van der Waals surface area contributed by atoms with E-state index in [1.54, 1.807) is 0 Å². The second kappa shape index (κ2) is 8.55. The Balaban J connectivity index is 2.05. The smallest absolute Gasteiger partial charge is 0.205 e. The van der Waals surface area contributed by atoms with E-state index in [1.807, 2.05) is 37.3 Å². The molecule has 0 saturated carbocycles. The van der Waals surface area contributed by atoms with Crippen LogP contribution in [0.15, 0.2) is 30.3 Å². The third-order valence-electron chi connectivity index (χ3n) is 2.25. The Hall–Kier alpha value is -1.59. The van der Waals surface area contributed by atoms with Gasteiger partial charge in [0.25, 0.3) is 0 Å². The van der Waals surface area contributed by atoms with Crippen molar-refractivity contribution in [1.29, 1.82) is 0 Å². The minimum Gasteiger partial charge on any atom is -0.377 e. The van der Waals surface area contributed by atoms with E-state index >= 15 is 0 Å². The first-order valence-corrected chi connectivity index (χ1v) is 5.96. The van der Waals surface area contributed by atoms with Gasteiger partial charge in [0.2, 0.25) is 5.78 Å². The molecular formula is C15H18O2. The van der Waals surface area contributed by atoms with Gasteiger partial charge in [-0.1, -0.05) is 43.2 Å². The molecule has 1 rings (SSSR count). The molecule has 0 N–H and O–H groups in total. The maximum absolute atomic E-state index is 10.9. The molecule has 0 aliphatic carbocycles. The molecule has 90 valence electrons. The molecular weight excluding hydrogens is 212 g/mol. The van der Waals surface area contributed by atoms with Crippen molar-refractivity contribution in [2.24, 2.45) is 0 Å². The van der Waals surface area contributed by atoms with Crippen LogP contribution in [0.1, 0.15) is 31.7 Å². The zero-order valence-corrected chi connectivity index (χ0v) is 10.2. The number of rotatable bonds is 6. The van der Waals surface area contributed by atoms with E-state index in [-0.39, 0.29) is 5.78 Å². The molecule has 17 heavy (non-hydrogen) atoms. The summed E-state index contributed by atoms with van der Waals surface area (Å²) in [6.45, 7) is 3.14. The summed E-state index contributed by atoms with van der Waals surface area (Å²) < 4.78 is 5.50. The van der Waals surface area contributed by atoms with Crippen LogP contribution in [0, 0.1) is 11.8 Å². The average molecular weight is 230 g/mol. The second-order valence-electron chi connectivity index (χ2n) is 3.72. The van der Waals surface area contributed by atoms with Crippen molar-refractivity contribution >= 4 is 5.78 Å². The van der Waals surface area contributed by atoms with E-state index < -0.39 is 0 Å². The molecule has 0 atom stereocenters. The zero-order chi connectivity index (χ0) is 12.3. The first kappa shape index (κ1) is 13.5. The normalized spacial score (nSPS) is 9.47. The summed E-state index contributed by atoms with van der Waals surface area (Å²) >= 11 is 0. The highest BCUT2D eigenvalue weighted by molar-refractivity contribution is 5.95. The highest BCUT2D eigenvalue weighted by Gasteiger charge is 1.91. The zero-order valence-electron chi connectivity index (χ0n) is 10.2. The quantitative estimate of drug-likeness (QED) is 0.426. The van der Waals surface area contributed by atoms with Gasteiger partial charge in [-0.3, -0.25) is 4.79 Å². The van der Waals surface area contributed by atoms with Crippen LogP contribution in [-0.2, 0) is 16.1 Å². The summed E-state index contributed by atoms with van der Waals surface area (Å²) in [4.78, 5) is 10.9. The van der Waals surface area contributed by atoms with Gasteiger partial charge < -0.3 is 4.74 Å². The summed E-state index contributed by atoms with van der Waals surface area (Å²) in [5, 5.41) is 0. The summed E-state index contributed by atoms with van der Waals surface area (Å²) in [7, 11) is 0. The lowest BCUT2D eigenvalue weighted by molar-refractivity contribution is -0.113. The van der Waals surface area contributed by atoms with Gasteiger partial charge in [-0.25, -0.2) is 0 Å². The van der Waals surface area contributed by atoms with Crippen molar-refractivity contribution in [3.63, 3.8) is 0 Å². The molecule has 2 heteroatoms. The lowest BCUT2D eigenvalue weighted by Gasteiger charge is -2.02. The van der Waals surface area contributed by atoms with Gasteiger partial charge in [0.15, 0.2) is 0 Å². The van der Waals surface area contributed by atoms with Crippen molar-refractivity contribution in [2.75, 3.05) is 6.61 Å². The third kappa shape index (κ3) is 6.55. The molecule has 0 spiro atoms. The number of carbonyl (C=O) groups excluding carboxylic acids is 1. The van der Waals surface area contributed by atoms with Gasteiger partial charge in [-0.15, -0.1) is 0 Å². The molecule has 1 aromatic rings. The molecule has 0 bridgehead atoms. The number of benzene rings is 1. The van der Waals surface area contributed by atoms with Crippen molar-refractivity contribution in [3.8, 4) is 11.8 Å². The molecule has 0 aliphatic heterocycles. The predicted octanol–water partition coefficient (Wildman–Crippen LogP) is 2.97. The standard InChI is InChI=1S/C15H18O2/c1-2-15(16)11-7-4-8-12-17-13-14-9-5-3-6-10-14/h3,5-6,9-10H,2,4,8,12-13H2,1H3. The lowest BCUT2D eigenvalue weighted by Crippen LogP contribution is -1.95. The Morgan fingerprint density at radius 3 is 2.76 bits per heavy atom. The lowest BCUT2D eigenvalue weighted by atomic mass is 10.2. The fraction of sp³-hybridized carbons (Fsp3) is 0.400. The van der Waals surface area contributed by atoms with Crippen LogP contribution in [0.25, 0.3) is 0 Å². The second-order valence-corrected chi connectivity index (χ2v) is 3.72. The molecule has 0 fully saturated rings. The first-order valence-electron chi connectivity index (χ1n) is 5.96. The van der Waals surface area contributed by atoms with Crippen LogP contribution < -0.4 is 0 Å². The van der Waals surface area contributed by atoms with Crippen molar-refractivity contribution in [2.45, 2.75) is 32.8 Å². The van der Waals surface area contributed by atoms with E-state index in [1.165, 1.54) is 5.56 Å². The van der Waals surface area contributed by atoms with Gasteiger partial charge in [0.05, 0.1) is 6.61 Å². The van der Waals surface area contributed by atoms with Gasteiger partial charge in [0.1, 0.15) is 0 Å². The van der Waals surface area contributed by atoms with E-state index in [2.05, 4.69) is 11.8 Å². The van der Waals surface area contributed by atoms with E-state index in [9.17, 15) is 4.79 Å². The van der Waals surface area contributed by atoms with Gasteiger partial charge >= 0.3 is 0 Å². The third-order valence-corrected chi connectivity index (χ3v) is 2.25. The number of carbonyl (C=O) groups is 1. The predicted molar refractivity (Wildman–Crippen MR) is 68.4 cm³/mol.